The Morgan fingerprint density at radius 1 is 1.80 bits per heavy atom. The zero-order chi connectivity index (χ0) is 7.40. The highest BCUT2D eigenvalue weighted by atomic mass is 16.6. The lowest BCUT2D eigenvalue weighted by atomic mass is 10.2. The standard InChI is InChI=1S/C7H10O3/c1-6(8)10-7-3-2-4-9-5-7/h2,7H,1,3-5H2. The van der Waals surface area contributed by atoms with Crippen LogP contribution in [0.25, 0.3) is 0 Å². The average Bonchev–Trinajstić information content (AvgIpc) is 1.88. The average molecular weight is 142 g/mol. The minimum Gasteiger partial charge on any atom is -0.460 e. The van der Waals surface area contributed by atoms with E-state index in [1.165, 1.54) is 0 Å². The molecule has 0 spiro atoms. The van der Waals surface area contributed by atoms with E-state index in [9.17, 15) is 4.79 Å². The molecule has 0 N–H and O–H groups in total. The number of esters is 1. The molecule has 2 radical (unpaired) electrons. The van der Waals surface area contributed by atoms with Crippen molar-refractivity contribution in [3.05, 3.63) is 13.3 Å². The highest BCUT2D eigenvalue weighted by Crippen LogP contribution is 2.08. The topological polar surface area (TPSA) is 35.5 Å². The molecule has 0 amide bonds. The van der Waals surface area contributed by atoms with E-state index in [0.29, 0.717) is 13.2 Å². The van der Waals surface area contributed by atoms with Gasteiger partial charge in [-0.25, -0.2) is 0 Å². The molecule has 1 aliphatic rings. The van der Waals surface area contributed by atoms with E-state index in [-0.39, 0.29) is 6.10 Å². The third-order valence-corrected chi connectivity index (χ3v) is 1.27. The monoisotopic (exact) mass is 142 g/mol. The summed E-state index contributed by atoms with van der Waals surface area (Å²) in [5, 5.41) is 0. The lowest BCUT2D eigenvalue weighted by Crippen LogP contribution is -2.27. The van der Waals surface area contributed by atoms with Crippen LogP contribution in [-0.4, -0.2) is 25.3 Å². The van der Waals surface area contributed by atoms with Gasteiger partial charge in [0.05, 0.1) is 20.1 Å². The molecular weight excluding hydrogens is 132 g/mol. The van der Waals surface area contributed by atoms with E-state index in [4.69, 9.17) is 9.47 Å². The molecule has 3 heteroatoms. The normalized spacial score (nSPS) is 25.9. The lowest BCUT2D eigenvalue weighted by Gasteiger charge is -2.20. The number of ether oxygens (including phenoxy) is 2. The first-order valence-electron chi connectivity index (χ1n) is 3.21. The van der Waals surface area contributed by atoms with Crippen LogP contribution in [-0.2, 0) is 14.3 Å². The van der Waals surface area contributed by atoms with Crippen LogP contribution in [0.4, 0.5) is 0 Å². The molecule has 10 heavy (non-hydrogen) atoms. The molecule has 56 valence electrons. The van der Waals surface area contributed by atoms with Gasteiger partial charge in [0.25, 0.3) is 0 Å². The fraction of sp³-hybridized carbons (Fsp3) is 0.571. The van der Waals surface area contributed by atoms with E-state index in [1.807, 2.05) is 6.42 Å². The van der Waals surface area contributed by atoms with Gasteiger partial charge in [0.15, 0.2) is 0 Å². The molecular formula is C7H10O3. The third-order valence-electron chi connectivity index (χ3n) is 1.27. The molecule has 1 saturated heterocycles. The number of carbonyl (C=O) groups is 1. The van der Waals surface area contributed by atoms with Crippen LogP contribution < -0.4 is 0 Å². The summed E-state index contributed by atoms with van der Waals surface area (Å²) in [6, 6.07) is 0. The lowest BCUT2D eigenvalue weighted by molar-refractivity contribution is -0.147. The molecule has 0 bridgehead atoms. The van der Waals surface area contributed by atoms with Crippen molar-refractivity contribution in [1.82, 2.24) is 0 Å². The Kier molecular flexibility index (Phi) is 2.68. The van der Waals surface area contributed by atoms with Crippen molar-refractivity contribution in [2.45, 2.75) is 12.5 Å². The second-order valence-electron chi connectivity index (χ2n) is 2.17. The Labute approximate surface area is 60.3 Å². The molecule has 1 atom stereocenters. The van der Waals surface area contributed by atoms with E-state index in [2.05, 4.69) is 6.92 Å². The van der Waals surface area contributed by atoms with E-state index in [1.54, 1.807) is 0 Å². The van der Waals surface area contributed by atoms with Gasteiger partial charge in [-0.2, -0.15) is 0 Å². The molecule has 1 rings (SSSR count). The van der Waals surface area contributed by atoms with Crippen LogP contribution in [0.3, 0.4) is 0 Å². The van der Waals surface area contributed by atoms with Gasteiger partial charge in [-0.3, -0.25) is 4.79 Å². The molecule has 0 saturated carbocycles. The second kappa shape index (κ2) is 3.56. The molecule has 1 aliphatic heterocycles. The largest absolute Gasteiger partial charge is 0.460 e. The van der Waals surface area contributed by atoms with Crippen LogP contribution in [0.2, 0.25) is 0 Å². The van der Waals surface area contributed by atoms with Crippen molar-refractivity contribution in [1.29, 1.82) is 0 Å². The van der Waals surface area contributed by atoms with Crippen LogP contribution >= 0.6 is 0 Å². The SMILES string of the molecule is [CH2]C(=O)OC1C[CH]COC1. The van der Waals surface area contributed by atoms with Crippen molar-refractivity contribution in [2.75, 3.05) is 13.2 Å². The Morgan fingerprint density at radius 3 is 3.10 bits per heavy atom. The van der Waals surface area contributed by atoms with Crippen LogP contribution in [0.1, 0.15) is 6.42 Å². The summed E-state index contributed by atoms with van der Waals surface area (Å²) in [5.41, 5.74) is 0. The molecule has 0 aliphatic carbocycles. The number of hydrogen-bond acceptors (Lipinski definition) is 3. The maximum absolute atomic E-state index is 10.3. The molecule has 0 aromatic rings. The van der Waals surface area contributed by atoms with Gasteiger partial charge >= 0.3 is 5.97 Å². The minimum atomic E-state index is -0.482. The summed E-state index contributed by atoms with van der Waals surface area (Å²) < 4.78 is 9.81. The van der Waals surface area contributed by atoms with Gasteiger partial charge in [-0.05, 0) is 12.8 Å². The van der Waals surface area contributed by atoms with Gasteiger partial charge in [0.1, 0.15) is 6.10 Å². The van der Waals surface area contributed by atoms with Gasteiger partial charge in [0, 0.05) is 0 Å². The Balaban J connectivity index is 2.19. The van der Waals surface area contributed by atoms with E-state index < -0.39 is 5.97 Å². The van der Waals surface area contributed by atoms with Crippen LogP contribution in [0.15, 0.2) is 0 Å². The summed E-state index contributed by atoms with van der Waals surface area (Å²) in [6.45, 7) is 4.26. The Bertz CT molecular complexity index is 116. The van der Waals surface area contributed by atoms with Gasteiger partial charge < -0.3 is 9.47 Å². The number of hydrogen-bond donors (Lipinski definition) is 0. The van der Waals surface area contributed by atoms with E-state index >= 15 is 0 Å². The van der Waals surface area contributed by atoms with Gasteiger partial charge in [-0.15, -0.1) is 0 Å². The number of carbonyl (C=O) groups excluding carboxylic acids is 1. The molecule has 0 aromatic heterocycles. The van der Waals surface area contributed by atoms with Gasteiger partial charge in [-0.1, -0.05) is 0 Å². The second-order valence-corrected chi connectivity index (χ2v) is 2.17. The highest BCUT2D eigenvalue weighted by molar-refractivity contribution is 5.73. The first kappa shape index (κ1) is 7.54. The fourth-order valence-electron chi connectivity index (χ4n) is 0.873. The van der Waals surface area contributed by atoms with Crippen molar-refractivity contribution >= 4 is 5.97 Å². The van der Waals surface area contributed by atoms with Crippen molar-refractivity contribution in [3.8, 4) is 0 Å². The zero-order valence-corrected chi connectivity index (χ0v) is 5.71. The molecule has 1 heterocycles. The quantitative estimate of drug-likeness (QED) is 0.496. The third kappa shape index (κ3) is 2.35. The predicted molar refractivity (Wildman–Crippen MR) is 35.0 cm³/mol. The predicted octanol–water partition coefficient (Wildman–Crippen LogP) is 0.357. The first-order chi connectivity index (χ1) is 4.79. The number of rotatable bonds is 1. The summed E-state index contributed by atoms with van der Waals surface area (Å²) in [7, 11) is 0. The van der Waals surface area contributed by atoms with E-state index in [0.717, 1.165) is 6.42 Å². The maximum atomic E-state index is 10.3. The minimum absolute atomic E-state index is 0.112. The van der Waals surface area contributed by atoms with Crippen LogP contribution in [0, 0.1) is 13.3 Å². The molecule has 0 aromatic carbocycles. The Hall–Kier alpha value is -0.570. The van der Waals surface area contributed by atoms with Crippen molar-refractivity contribution in [2.24, 2.45) is 0 Å². The van der Waals surface area contributed by atoms with Crippen LogP contribution in [0.5, 0.6) is 0 Å². The maximum Gasteiger partial charge on any atom is 0.306 e. The fourth-order valence-corrected chi connectivity index (χ4v) is 0.873. The smallest absolute Gasteiger partial charge is 0.306 e. The summed E-state index contributed by atoms with van der Waals surface area (Å²) in [6.07, 6.45) is 2.61. The highest BCUT2D eigenvalue weighted by Gasteiger charge is 2.15. The zero-order valence-electron chi connectivity index (χ0n) is 5.71. The summed E-state index contributed by atoms with van der Waals surface area (Å²) in [4.78, 5) is 10.3. The summed E-state index contributed by atoms with van der Waals surface area (Å²) >= 11 is 0. The Morgan fingerprint density at radius 2 is 2.60 bits per heavy atom. The molecule has 1 fully saturated rings. The molecule has 3 nitrogen and oxygen atoms in total. The van der Waals surface area contributed by atoms with Gasteiger partial charge in [0.2, 0.25) is 0 Å². The summed E-state index contributed by atoms with van der Waals surface area (Å²) in [5.74, 6) is -0.482. The van der Waals surface area contributed by atoms with Crippen molar-refractivity contribution < 1.29 is 14.3 Å². The molecule has 1 unspecified atom stereocenters. The van der Waals surface area contributed by atoms with Crippen molar-refractivity contribution in [3.63, 3.8) is 0 Å². The first-order valence-corrected chi connectivity index (χ1v) is 3.21.